The molecule has 1 aliphatic rings. The summed E-state index contributed by atoms with van der Waals surface area (Å²) in [6.45, 7) is 5.21. The number of carbonyl (C=O) groups excluding carboxylic acids is 1. The van der Waals surface area contributed by atoms with Gasteiger partial charge in [-0.3, -0.25) is 4.79 Å². The molecule has 150 valence electrons. The van der Waals surface area contributed by atoms with Crippen molar-refractivity contribution < 1.29 is 13.2 Å². The van der Waals surface area contributed by atoms with Crippen LogP contribution < -0.4 is 14.9 Å². The van der Waals surface area contributed by atoms with Gasteiger partial charge in [-0.25, -0.2) is 23.1 Å². The van der Waals surface area contributed by atoms with Gasteiger partial charge in [-0.05, 0) is 56.5 Å². The van der Waals surface area contributed by atoms with Gasteiger partial charge in [-0.15, -0.1) is 0 Å². The molecule has 2 heterocycles. The van der Waals surface area contributed by atoms with E-state index >= 15 is 0 Å². The molecule has 1 aromatic carbocycles. The van der Waals surface area contributed by atoms with Crippen molar-refractivity contribution in [1.82, 2.24) is 14.7 Å². The van der Waals surface area contributed by atoms with Gasteiger partial charge in [0.2, 0.25) is 21.9 Å². The van der Waals surface area contributed by atoms with Crippen LogP contribution in [-0.2, 0) is 21.4 Å². The highest BCUT2D eigenvalue weighted by atomic mass is 32.2. The van der Waals surface area contributed by atoms with Gasteiger partial charge < -0.3 is 10.2 Å². The molecule has 0 spiro atoms. The zero-order chi connectivity index (χ0) is 20.1. The van der Waals surface area contributed by atoms with Crippen LogP contribution in [0.5, 0.6) is 0 Å². The summed E-state index contributed by atoms with van der Waals surface area (Å²) < 4.78 is 27.7. The Balaban J connectivity index is 1.70. The molecule has 1 aromatic heterocycles. The van der Waals surface area contributed by atoms with Gasteiger partial charge in [0.25, 0.3) is 0 Å². The Morgan fingerprint density at radius 1 is 1.11 bits per heavy atom. The number of hydrogen-bond donors (Lipinski definition) is 2. The first kappa shape index (κ1) is 20.2. The topological polar surface area (TPSA) is 104 Å². The number of amides is 1. The van der Waals surface area contributed by atoms with E-state index in [1.54, 1.807) is 18.2 Å². The van der Waals surface area contributed by atoms with E-state index in [9.17, 15) is 13.2 Å². The molecule has 9 heteroatoms. The van der Waals surface area contributed by atoms with E-state index < -0.39 is 10.0 Å². The third kappa shape index (κ3) is 5.26. The van der Waals surface area contributed by atoms with E-state index in [-0.39, 0.29) is 17.3 Å². The summed E-state index contributed by atoms with van der Waals surface area (Å²) in [7, 11) is -3.69. The number of nitrogens with one attached hydrogen (secondary N) is 2. The van der Waals surface area contributed by atoms with Crippen LogP contribution in [0.1, 0.15) is 37.6 Å². The highest BCUT2D eigenvalue weighted by Gasteiger charge is 2.17. The van der Waals surface area contributed by atoms with Gasteiger partial charge >= 0.3 is 0 Å². The van der Waals surface area contributed by atoms with Gasteiger partial charge in [-0.1, -0.05) is 0 Å². The standard InChI is InChI=1S/C19H25N5O3S/c1-14-12-17(23-19(21-14)24-10-4-3-5-11-24)13-20-28(26,27)18-8-6-16(7-9-18)22-15(2)25/h6-9,12,20H,3-5,10-11,13H2,1-2H3,(H,22,25). The summed E-state index contributed by atoms with van der Waals surface area (Å²) in [5.74, 6) is 0.450. The number of nitrogens with zero attached hydrogens (tertiary/aromatic N) is 3. The number of piperidine rings is 1. The molecule has 0 saturated carbocycles. The predicted molar refractivity (Wildman–Crippen MR) is 108 cm³/mol. The number of carbonyl (C=O) groups is 1. The molecule has 0 radical (unpaired) electrons. The molecule has 1 fully saturated rings. The lowest BCUT2D eigenvalue weighted by molar-refractivity contribution is -0.114. The lowest BCUT2D eigenvalue weighted by atomic mass is 10.1. The summed E-state index contributed by atoms with van der Waals surface area (Å²) in [4.78, 5) is 22.4. The molecule has 0 unspecified atom stereocenters. The Kier molecular flexibility index (Phi) is 6.25. The quantitative estimate of drug-likeness (QED) is 0.766. The average Bonchev–Trinajstić information content (AvgIpc) is 2.67. The van der Waals surface area contributed by atoms with Crippen molar-refractivity contribution in [2.75, 3.05) is 23.3 Å². The Morgan fingerprint density at radius 3 is 2.43 bits per heavy atom. The van der Waals surface area contributed by atoms with E-state index in [4.69, 9.17) is 0 Å². The van der Waals surface area contributed by atoms with E-state index in [0.29, 0.717) is 17.3 Å². The minimum atomic E-state index is -3.69. The van der Waals surface area contributed by atoms with Gasteiger partial charge in [0, 0.05) is 31.4 Å². The molecule has 0 bridgehead atoms. The lowest BCUT2D eigenvalue weighted by Gasteiger charge is -2.27. The first-order chi connectivity index (χ1) is 13.3. The zero-order valence-electron chi connectivity index (χ0n) is 16.1. The summed E-state index contributed by atoms with van der Waals surface area (Å²) in [5.41, 5.74) is 1.99. The van der Waals surface area contributed by atoms with E-state index in [1.807, 2.05) is 6.92 Å². The summed E-state index contributed by atoms with van der Waals surface area (Å²) in [6, 6.07) is 7.81. The molecule has 3 rings (SSSR count). The number of sulfonamides is 1. The maximum atomic E-state index is 12.6. The number of benzene rings is 1. The average molecular weight is 404 g/mol. The van der Waals surface area contributed by atoms with Crippen LogP contribution in [-0.4, -0.2) is 37.4 Å². The largest absolute Gasteiger partial charge is 0.341 e. The molecule has 0 aliphatic carbocycles. The van der Waals surface area contributed by atoms with Crippen molar-refractivity contribution in [1.29, 1.82) is 0 Å². The second-order valence-corrected chi connectivity index (χ2v) is 8.65. The van der Waals surface area contributed by atoms with Crippen LogP contribution in [0.2, 0.25) is 0 Å². The van der Waals surface area contributed by atoms with Crippen molar-refractivity contribution >= 4 is 27.6 Å². The van der Waals surface area contributed by atoms with E-state index in [1.165, 1.54) is 25.5 Å². The Morgan fingerprint density at radius 2 is 1.79 bits per heavy atom. The molecule has 2 aromatic rings. The second kappa shape index (κ2) is 8.66. The SMILES string of the molecule is CC(=O)Nc1ccc(S(=O)(=O)NCc2cc(C)nc(N3CCCCC3)n2)cc1. The molecule has 28 heavy (non-hydrogen) atoms. The van der Waals surface area contributed by atoms with Crippen LogP contribution in [0.15, 0.2) is 35.2 Å². The fourth-order valence-corrected chi connectivity index (χ4v) is 4.11. The number of aromatic nitrogens is 2. The normalized spacial score (nSPS) is 14.7. The Bertz CT molecular complexity index is 939. The van der Waals surface area contributed by atoms with Crippen LogP contribution in [0, 0.1) is 6.92 Å². The third-order valence-electron chi connectivity index (χ3n) is 4.46. The number of anilines is 2. The minimum absolute atomic E-state index is 0.0833. The number of hydrogen-bond acceptors (Lipinski definition) is 6. The fourth-order valence-electron chi connectivity index (χ4n) is 3.12. The summed E-state index contributed by atoms with van der Waals surface area (Å²) >= 11 is 0. The number of rotatable bonds is 6. The van der Waals surface area contributed by atoms with Gasteiger partial charge in [0.15, 0.2) is 0 Å². The second-order valence-electron chi connectivity index (χ2n) is 6.88. The molecular weight excluding hydrogens is 378 g/mol. The first-order valence-electron chi connectivity index (χ1n) is 9.30. The molecule has 1 saturated heterocycles. The smallest absolute Gasteiger partial charge is 0.240 e. The molecule has 8 nitrogen and oxygen atoms in total. The van der Waals surface area contributed by atoms with Gasteiger partial charge in [-0.2, -0.15) is 0 Å². The Hall–Kier alpha value is -2.52. The molecule has 2 N–H and O–H groups in total. The van der Waals surface area contributed by atoms with Crippen molar-refractivity contribution in [3.63, 3.8) is 0 Å². The molecule has 0 atom stereocenters. The number of aryl methyl sites for hydroxylation is 1. The van der Waals surface area contributed by atoms with Crippen molar-refractivity contribution in [3.05, 3.63) is 41.7 Å². The minimum Gasteiger partial charge on any atom is -0.341 e. The zero-order valence-corrected chi connectivity index (χ0v) is 16.9. The predicted octanol–water partition coefficient (Wildman–Crippen LogP) is 2.21. The van der Waals surface area contributed by atoms with Crippen LogP contribution in [0.25, 0.3) is 0 Å². The summed E-state index contributed by atoms with van der Waals surface area (Å²) in [6.07, 6.45) is 3.46. The monoisotopic (exact) mass is 403 g/mol. The summed E-state index contributed by atoms with van der Waals surface area (Å²) in [5, 5.41) is 2.61. The third-order valence-corrected chi connectivity index (χ3v) is 5.88. The maximum absolute atomic E-state index is 12.6. The van der Waals surface area contributed by atoms with E-state index in [2.05, 4.69) is 24.9 Å². The van der Waals surface area contributed by atoms with Crippen LogP contribution in [0.4, 0.5) is 11.6 Å². The maximum Gasteiger partial charge on any atom is 0.240 e. The highest BCUT2D eigenvalue weighted by Crippen LogP contribution is 2.18. The van der Waals surface area contributed by atoms with Crippen molar-refractivity contribution in [2.24, 2.45) is 0 Å². The first-order valence-corrected chi connectivity index (χ1v) is 10.8. The van der Waals surface area contributed by atoms with E-state index in [0.717, 1.165) is 31.6 Å². The Labute approximate surface area is 165 Å². The van der Waals surface area contributed by atoms with Crippen molar-refractivity contribution in [2.45, 2.75) is 44.6 Å². The fraction of sp³-hybridized carbons (Fsp3) is 0.421. The molecular formula is C19H25N5O3S. The lowest BCUT2D eigenvalue weighted by Crippen LogP contribution is -2.32. The van der Waals surface area contributed by atoms with Crippen molar-refractivity contribution in [3.8, 4) is 0 Å². The van der Waals surface area contributed by atoms with Gasteiger partial charge in [0.05, 0.1) is 17.1 Å². The molecule has 1 amide bonds. The van der Waals surface area contributed by atoms with Crippen LogP contribution >= 0.6 is 0 Å². The molecule has 1 aliphatic heterocycles. The highest BCUT2D eigenvalue weighted by molar-refractivity contribution is 7.89. The van der Waals surface area contributed by atoms with Gasteiger partial charge in [0.1, 0.15) is 0 Å². The van der Waals surface area contributed by atoms with Crippen LogP contribution in [0.3, 0.4) is 0 Å².